The molecule has 1 N–H and O–H groups in total. The number of hydrogen-bond donors (Lipinski definition) is 1. The number of nitrogens with one attached hydrogen (secondary N) is 1. The first kappa shape index (κ1) is 14.8. The fourth-order valence-electron chi connectivity index (χ4n) is 2.74. The van der Waals surface area contributed by atoms with Crippen molar-refractivity contribution in [3.63, 3.8) is 0 Å². The molecule has 4 rings (SSSR count). The summed E-state index contributed by atoms with van der Waals surface area (Å²) >= 11 is 12.2. The largest absolute Gasteiger partial charge is 0.492 e. The highest BCUT2D eigenvalue weighted by atomic mass is 35.5. The topological polar surface area (TPSA) is 64.4 Å². The molecule has 2 aromatic rings. The van der Waals surface area contributed by atoms with E-state index >= 15 is 0 Å². The van der Waals surface area contributed by atoms with Gasteiger partial charge in [-0.15, -0.1) is 0 Å². The van der Waals surface area contributed by atoms with E-state index in [1.54, 1.807) is 12.1 Å². The van der Waals surface area contributed by atoms with Gasteiger partial charge in [0.2, 0.25) is 0 Å². The smallest absolute Gasteiger partial charge is 0.273 e. The second kappa shape index (κ2) is 5.73. The van der Waals surface area contributed by atoms with Crippen LogP contribution in [0.25, 0.3) is 0 Å². The molecule has 1 amide bonds. The Bertz CT molecular complexity index is 771. The quantitative estimate of drug-likeness (QED) is 0.902. The maximum Gasteiger partial charge on any atom is 0.273 e. The number of carbonyl (C=O) groups is 1. The molecule has 1 fully saturated rings. The number of carbonyl (C=O) groups excluding carboxylic acids is 1. The normalized spacial score (nSPS) is 19.8. The molecule has 1 atom stereocenters. The predicted molar refractivity (Wildman–Crippen MR) is 85.3 cm³/mol. The van der Waals surface area contributed by atoms with E-state index in [4.69, 9.17) is 32.5 Å². The monoisotopic (exact) mass is 352 g/mol. The Balaban J connectivity index is 1.55. The molecule has 2 aliphatic rings. The number of halogens is 2. The van der Waals surface area contributed by atoms with Crippen molar-refractivity contribution in [3.05, 3.63) is 45.3 Å². The zero-order valence-electron chi connectivity index (χ0n) is 12.1. The van der Waals surface area contributed by atoms with Crippen LogP contribution in [0.5, 0.6) is 5.75 Å². The first-order chi connectivity index (χ1) is 11.1. The lowest BCUT2D eigenvalue weighted by atomic mass is 10.0. The summed E-state index contributed by atoms with van der Waals surface area (Å²) in [5.41, 5.74) is 1.13. The van der Waals surface area contributed by atoms with Crippen molar-refractivity contribution in [1.29, 1.82) is 0 Å². The van der Waals surface area contributed by atoms with Gasteiger partial charge < -0.3 is 14.6 Å². The highest BCUT2D eigenvalue weighted by molar-refractivity contribution is 6.43. The fraction of sp³-hybridized carbons (Fsp3) is 0.375. The van der Waals surface area contributed by atoms with E-state index in [1.807, 2.05) is 6.07 Å². The summed E-state index contributed by atoms with van der Waals surface area (Å²) in [5, 5.41) is 7.64. The summed E-state index contributed by atoms with van der Waals surface area (Å²) in [6.07, 6.45) is 2.86. The molecule has 5 nitrogen and oxygen atoms in total. The van der Waals surface area contributed by atoms with Crippen LogP contribution < -0.4 is 10.1 Å². The molecule has 0 saturated heterocycles. The van der Waals surface area contributed by atoms with E-state index in [-0.39, 0.29) is 11.9 Å². The van der Waals surface area contributed by atoms with Crippen molar-refractivity contribution >= 4 is 29.1 Å². The molecule has 2 heterocycles. The zero-order valence-corrected chi connectivity index (χ0v) is 13.7. The average molecular weight is 353 g/mol. The third-order valence-electron chi connectivity index (χ3n) is 4.15. The summed E-state index contributed by atoms with van der Waals surface area (Å²) < 4.78 is 10.8. The highest BCUT2D eigenvalue weighted by Gasteiger charge is 2.30. The third kappa shape index (κ3) is 2.79. The lowest BCUT2D eigenvalue weighted by molar-refractivity contribution is 0.0915. The minimum Gasteiger partial charge on any atom is -0.492 e. The number of benzene rings is 1. The van der Waals surface area contributed by atoms with Crippen molar-refractivity contribution in [1.82, 2.24) is 10.5 Å². The van der Waals surface area contributed by atoms with Crippen molar-refractivity contribution in [2.75, 3.05) is 6.61 Å². The summed E-state index contributed by atoms with van der Waals surface area (Å²) in [7, 11) is 0. The van der Waals surface area contributed by atoms with Crippen LogP contribution in [0.4, 0.5) is 0 Å². The number of amides is 1. The second-order valence-electron chi connectivity index (χ2n) is 5.83. The van der Waals surface area contributed by atoms with Crippen LogP contribution in [0.2, 0.25) is 10.0 Å². The summed E-state index contributed by atoms with van der Waals surface area (Å²) in [5.74, 6) is 1.49. The van der Waals surface area contributed by atoms with E-state index in [0.29, 0.717) is 40.4 Å². The van der Waals surface area contributed by atoms with Crippen molar-refractivity contribution < 1.29 is 14.1 Å². The molecule has 1 aliphatic carbocycles. The Kier molecular flexibility index (Phi) is 3.70. The molecule has 1 aromatic carbocycles. The number of fused-ring (bicyclic) bond motifs is 1. The van der Waals surface area contributed by atoms with E-state index in [0.717, 1.165) is 24.2 Å². The number of ether oxygens (including phenoxy) is 1. The van der Waals surface area contributed by atoms with E-state index in [9.17, 15) is 4.79 Å². The Morgan fingerprint density at radius 3 is 2.87 bits per heavy atom. The van der Waals surface area contributed by atoms with Gasteiger partial charge >= 0.3 is 0 Å². The molecule has 23 heavy (non-hydrogen) atoms. The van der Waals surface area contributed by atoms with Crippen LogP contribution in [0.15, 0.2) is 22.7 Å². The Morgan fingerprint density at radius 2 is 2.09 bits per heavy atom. The van der Waals surface area contributed by atoms with Crippen LogP contribution in [-0.2, 0) is 0 Å². The van der Waals surface area contributed by atoms with Gasteiger partial charge in [0, 0.05) is 24.0 Å². The van der Waals surface area contributed by atoms with Gasteiger partial charge in [-0.05, 0) is 18.9 Å². The summed E-state index contributed by atoms with van der Waals surface area (Å²) in [6.45, 7) is 0.462. The molecule has 1 aromatic heterocycles. The number of hydrogen-bond acceptors (Lipinski definition) is 4. The molecular weight excluding hydrogens is 339 g/mol. The fourth-order valence-corrected chi connectivity index (χ4v) is 3.12. The van der Waals surface area contributed by atoms with Crippen molar-refractivity contribution in [2.45, 2.75) is 31.2 Å². The molecule has 0 radical (unpaired) electrons. The Labute approximate surface area is 142 Å². The third-order valence-corrected chi connectivity index (χ3v) is 4.94. The molecule has 1 unspecified atom stereocenters. The lowest BCUT2D eigenvalue weighted by Gasteiger charge is -2.27. The first-order valence-corrected chi connectivity index (χ1v) is 8.27. The van der Waals surface area contributed by atoms with Gasteiger partial charge in [0.15, 0.2) is 5.69 Å². The van der Waals surface area contributed by atoms with Gasteiger partial charge in [-0.3, -0.25) is 4.79 Å². The standard InChI is InChI=1S/C16H14Cl2N2O3/c17-10-4-3-9-11(5-6-22-15(9)14(10)18)19-16(21)12-7-13(23-20-12)8-1-2-8/h3-4,7-8,11H,1-2,5-6H2,(H,19,21). The Morgan fingerprint density at radius 1 is 1.26 bits per heavy atom. The molecule has 0 bridgehead atoms. The van der Waals surface area contributed by atoms with Gasteiger partial charge in [-0.1, -0.05) is 34.4 Å². The molecule has 0 spiro atoms. The number of nitrogens with zero attached hydrogens (tertiary/aromatic N) is 1. The van der Waals surface area contributed by atoms with Gasteiger partial charge in [0.05, 0.1) is 17.7 Å². The molecule has 1 saturated carbocycles. The maximum absolute atomic E-state index is 12.4. The summed E-state index contributed by atoms with van der Waals surface area (Å²) in [4.78, 5) is 12.4. The molecule has 120 valence electrons. The van der Waals surface area contributed by atoms with Gasteiger partial charge in [0.25, 0.3) is 5.91 Å². The minimum atomic E-state index is -0.260. The second-order valence-corrected chi connectivity index (χ2v) is 6.62. The highest BCUT2D eigenvalue weighted by Crippen LogP contribution is 2.42. The van der Waals surface area contributed by atoms with Crippen LogP contribution in [-0.4, -0.2) is 17.7 Å². The molecule has 1 aliphatic heterocycles. The van der Waals surface area contributed by atoms with Gasteiger partial charge in [-0.25, -0.2) is 0 Å². The minimum absolute atomic E-state index is 0.193. The van der Waals surface area contributed by atoms with Crippen LogP contribution in [0.1, 0.15) is 53.0 Å². The van der Waals surface area contributed by atoms with E-state index in [2.05, 4.69) is 10.5 Å². The van der Waals surface area contributed by atoms with Crippen molar-refractivity contribution in [3.8, 4) is 5.75 Å². The predicted octanol–water partition coefficient (Wildman–Crippen LogP) is 4.11. The van der Waals surface area contributed by atoms with Crippen LogP contribution in [0.3, 0.4) is 0 Å². The van der Waals surface area contributed by atoms with Crippen LogP contribution >= 0.6 is 23.2 Å². The van der Waals surface area contributed by atoms with Gasteiger partial charge in [0.1, 0.15) is 16.5 Å². The lowest BCUT2D eigenvalue weighted by Crippen LogP contribution is -2.32. The van der Waals surface area contributed by atoms with Crippen molar-refractivity contribution in [2.24, 2.45) is 0 Å². The maximum atomic E-state index is 12.4. The molecule has 7 heteroatoms. The number of aromatic nitrogens is 1. The number of rotatable bonds is 3. The van der Waals surface area contributed by atoms with Gasteiger partial charge in [-0.2, -0.15) is 0 Å². The average Bonchev–Trinajstić information content (AvgIpc) is 3.28. The van der Waals surface area contributed by atoms with E-state index in [1.165, 1.54) is 0 Å². The first-order valence-electron chi connectivity index (χ1n) is 7.51. The zero-order chi connectivity index (χ0) is 16.0. The van der Waals surface area contributed by atoms with Crippen LogP contribution in [0, 0.1) is 0 Å². The van der Waals surface area contributed by atoms with E-state index < -0.39 is 0 Å². The molecular formula is C16H14Cl2N2O3. The Hall–Kier alpha value is -1.72. The SMILES string of the molecule is O=C(NC1CCOc2c1ccc(Cl)c2Cl)c1cc(C2CC2)on1. The summed E-state index contributed by atoms with van der Waals surface area (Å²) in [6, 6.07) is 5.06.